The number of nitrogens with zero attached hydrogens (tertiary/aromatic N) is 2. The third-order valence-electron chi connectivity index (χ3n) is 3.62. The smallest absolute Gasteiger partial charge is 0.244 e. The molecule has 2 aromatic rings. The SMILES string of the molecule is Cc1noc([C@H](NCc2cccs2)C2CCOCC2)n1. The first-order valence-electron chi connectivity index (χ1n) is 6.96. The highest BCUT2D eigenvalue weighted by atomic mass is 32.1. The fourth-order valence-corrected chi connectivity index (χ4v) is 3.22. The van der Waals surface area contributed by atoms with Gasteiger partial charge in [0.1, 0.15) is 0 Å². The zero-order chi connectivity index (χ0) is 13.8. The van der Waals surface area contributed by atoms with Gasteiger partial charge in [-0.3, -0.25) is 0 Å². The Kier molecular flexibility index (Phi) is 4.44. The molecule has 1 saturated heterocycles. The van der Waals surface area contributed by atoms with Gasteiger partial charge in [-0.2, -0.15) is 4.98 Å². The Morgan fingerprint density at radius 3 is 2.95 bits per heavy atom. The Morgan fingerprint density at radius 2 is 2.30 bits per heavy atom. The first-order valence-corrected chi connectivity index (χ1v) is 7.84. The minimum absolute atomic E-state index is 0.113. The number of thiophene rings is 1. The van der Waals surface area contributed by atoms with E-state index in [0.717, 1.165) is 32.6 Å². The second-order valence-corrected chi connectivity index (χ2v) is 6.10. The maximum absolute atomic E-state index is 5.45. The van der Waals surface area contributed by atoms with E-state index in [0.29, 0.717) is 17.6 Å². The van der Waals surface area contributed by atoms with Gasteiger partial charge in [0.05, 0.1) is 6.04 Å². The summed E-state index contributed by atoms with van der Waals surface area (Å²) >= 11 is 1.76. The minimum atomic E-state index is 0.113. The molecule has 0 saturated carbocycles. The predicted molar refractivity (Wildman–Crippen MR) is 76.5 cm³/mol. The molecule has 3 heterocycles. The lowest BCUT2D eigenvalue weighted by molar-refractivity contribution is 0.0486. The standard InChI is InChI=1S/C14H19N3O2S/c1-10-16-14(19-17-10)13(11-4-6-18-7-5-11)15-9-12-3-2-8-20-12/h2-3,8,11,13,15H,4-7,9H2,1H3/t13-/m1/s1. The lowest BCUT2D eigenvalue weighted by Gasteiger charge is -2.28. The van der Waals surface area contributed by atoms with Gasteiger partial charge in [-0.1, -0.05) is 11.2 Å². The average molecular weight is 293 g/mol. The number of ether oxygens (including phenoxy) is 1. The van der Waals surface area contributed by atoms with E-state index in [4.69, 9.17) is 9.26 Å². The minimum Gasteiger partial charge on any atom is -0.381 e. The molecule has 1 N–H and O–H groups in total. The van der Waals surface area contributed by atoms with E-state index in [1.807, 2.05) is 6.92 Å². The topological polar surface area (TPSA) is 60.2 Å². The van der Waals surface area contributed by atoms with Crippen molar-refractivity contribution in [2.24, 2.45) is 5.92 Å². The molecule has 3 rings (SSSR count). The Bertz CT molecular complexity index is 520. The molecule has 0 aliphatic carbocycles. The molecule has 0 unspecified atom stereocenters. The highest BCUT2D eigenvalue weighted by Crippen LogP contribution is 2.29. The van der Waals surface area contributed by atoms with Crippen molar-refractivity contribution >= 4 is 11.3 Å². The van der Waals surface area contributed by atoms with Crippen LogP contribution in [0.2, 0.25) is 0 Å². The fraction of sp³-hybridized carbons (Fsp3) is 0.571. The first kappa shape index (κ1) is 13.7. The third kappa shape index (κ3) is 3.26. The van der Waals surface area contributed by atoms with Gasteiger partial charge in [-0.15, -0.1) is 11.3 Å². The highest BCUT2D eigenvalue weighted by Gasteiger charge is 2.29. The van der Waals surface area contributed by atoms with Crippen LogP contribution < -0.4 is 5.32 Å². The number of hydrogen-bond donors (Lipinski definition) is 1. The molecule has 5 nitrogen and oxygen atoms in total. The Balaban J connectivity index is 1.72. The molecule has 6 heteroatoms. The largest absolute Gasteiger partial charge is 0.381 e. The molecule has 1 aliphatic heterocycles. The molecule has 1 fully saturated rings. The van der Waals surface area contributed by atoms with Crippen molar-refractivity contribution in [2.75, 3.05) is 13.2 Å². The van der Waals surface area contributed by atoms with Crippen LogP contribution in [0.25, 0.3) is 0 Å². The first-order chi connectivity index (χ1) is 9.83. The van der Waals surface area contributed by atoms with E-state index >= 15 is 0 Å². The maximum atomic E-state index is 5.45. The molecule has 0 spiro atoms. The maximum Gasteiger partial charge on any atom is 0.244 e. The summed E-state index contributed by atoms with van der Waals surface area (Å²) < 4.78 is 10.8. The molecule has 0 radical (unpaired) electrons. The molecule has 0 bridgehead atoms. The summed E-state index contributed by atoms with van der Waals surface area (Å²) in [5.74, 6) is 1.88. The van der Waals surface area contributed by atoms with E-state index in [1.165, 1.54) is 4.88 Å². The van der Waals surface area contributed by atoms with Crippen molar-refractivity contribution in [1.29, 1.82) is 0 Å². The number of hydrogen-bond acceptors (Lipinski definition) is 6. The van der Waals surface area contributed by atoms with Crippen LogP contribution in [0.15, 0.2) is 22.0 Å². The van der Waals surface area contributed by atoms with E-state index in [-0.39, 0.29) is 6.04 Å². The van der Waals surface area contributed by atoms with Crippen molar-refractivity contribution in [2.45, 2.75) is 32.4 Å². The molecule has 1 aliphatic rings. The van der Waals surface area contributed by atoms with Crippen LogP contribution in [-0.4, -0.2) is 23.4 Å². The molecule has 0 amide bonds. The summed E-state index contributed by atoms with van der Waals surface area (Å²) in [6, 6.07) is 4.32. The number of aromatic nitrogens is 2. The van der Waals surface area contributed by atoms with Crippen molar-refractivity contribution < 1.29 is 9.26 Å². The molecule has 0 aromatic carbocycles. The predicted octanol–water partition coefficient (Wildman–Crippen LogP) is 2.70. The average Bonchev–Trinajstić information content (AvgIpc) is 3.12. The zero-order valence-electron chi connectivity index (χ0n) is 11.5. The van der Waals surface area contributed by atoms with Gasteiger partial charge >= 0.3 is 0 Å². The quantitative estimate of drug-likeness (QED) is 0.918. The monoisotopic (exact) mass is 293 g/mol. The van der Waals surface area contributed by atoms with Crippen LogP contribution in [0.4, 0.5) is 0 Å². The summed E-state index contributed by atoms with van der Waals surface area (Å²) in [4.78, 5) is 5.73. The van der Waals surface area contributed by atoms with Gasteiger partial charge in [-0.05, 0) is 37.1 Å². The Labute approximate surface area is 122 Å². The normalized spacial score (nSPS) is 18.2. The summed E-state index contributed by atoms with van der Waals surface area (Å²) in [6.07, 6.45) is 2.06. The van der Waals surface area contributed by atoms with Crippen molar-refractivity contribution in [3.8, 4) is 0 Å². The summed E-state index contributed by atoms with van der Waals surface area (Å²) in [6.45, 7) is 4.32. The summed E-state index contributed by atoms with van der Waals surface area (Å²) in [7, 11) is 0. The summed E-state index contributed by atoms with van der Waals surface area (Å²) in [5, 5.41) is 9.60. The Morgan fingerprint density at radius 1 is 1.45 bits per heavy atom. The second-order valence-electron chi connectivity index (χ2n) is 5.07. The van der Waals surface area contributed by atoms with E-state index in [2.05, 4.69) is 33.0 Å². The van der Waals surface area contributed by atoms with Crippen LogP contribution in [-0.2, 0) is 11.3 Å². The molecular formula is C14H19N3O2S. The van der Waals surface area contributed by atoms with Gasteiger partial charge < -0.3 is 14.6 Å². The number of rotatable bonds is 5. The highest BCUT2D eigenvalue weighted by molar-refractivity contribution is 7.09. The van der Waals surface area contributed by atoms with Crippen LogP contribution >= 0.6 is 11.3 Å². The van der Waals surface area contributed by atoms with E-state index < -0.39 is 0 Å². The lowest BCUT2D eigenvalue weighted by atomic mass is 9.91. The van der Waals surface area contributed by atoms with E-state index in [1.54, 1.807) is 11.3 Å². The Hall–Kier alpha value is -1.24. The van der Waals surface area contributed by atoms with Gasteiger partial charge in [0.15, 0.2) is 5.82 Å². The van der Waals surface area contributed by atoms with Crippen molar-refractivity contribution in [3.05, 3.63) is 34.1 Å². The molecule has 1 atom stereocenters. The van der Waals surface area contributed by atoms with E-state index in [9.17, 15) is 0 Å². The van der Waals surface area contributed by atoms with Crippen LogP contribution in [0.3, 0.4) is 0 Å². The van der Waals surface area contributed by atoms with Crippen LogP contribution in [0.1, 0.15) is 35.5 Å². The summed E-state index contributed by atoms with van der Waals surface area (Å²) in [5.41, 5.74) is 0. The van der Waals surface area contributed by atoms with Crippen molar-refractivity contribution in [3.63, 3.8) is 0 Å². The number of nitrogens with one attached hydrogen (secondary N) is 1. The van der Waals surface area contributed by atoms with Gasteiger partial charge in [0.25, 0.3) is 0 Å². The molecular weight excluding hydrogens is 274 g/mol. The lowest BCUT2D eigenvalue weighted by Crippen LogP contribution is -2.32. The molecule has 108 valence electrons. The van der Waals surface area contributed by atoms with Gasteiger partial charge in [0, 0.05) is 24.6 Å². The van der Waals surface area contributed by atoms with Gasteiger partial charge in [-0.25, -0.2) is 0 Å². The van der Waals surface area contributed by atoms with Gasteiger partial charge in [0.2, 0.25) is 5.89 Å². The van der Waals surface area contributed by atoms with Crippen molar-refractivity contribution in [1.82, 2.24) is 15.5 Å². The number of aryl methyl sites for hydroxylation is 1. The molecule has 2 aromatic heterocycles. The fourth-order valence-electron chi connectivity index (χ4n) is 2.57. The third-order valence-corrected chi connectivity index (χ3v) is 4.50. The second kappa shape index (κ2) is 6.47. The molecule has 20 heavy (non-hydrogen) atoms. The van der Waals surface area contributed by atoms with Crippen LogP contribution in [0.5, 0.6) is 0 Å². The zero-order valence-corrected chi connectivity index (χ0v) is 12.4. The van der Waals surface area contributed by atoms with Crippen LogP contribution in [0, 0.1) is 12.8 Å².